The molecule has 0 aliphatic rings. The van der Waals surface area contributed by atoms with Crippen molar-refractivity contribution in [2.45, 2.75) is 0 Å². The van der Waals surface area contributed by atoms with Crippen molar-refractivity contribution < 1.29 is 8.78 Å². The SMILES string of the molecule is Nc1cc(-c2cncn2-c2cc(F)c(Br)cc2F)ccn1. The van der Waals surface area contributed by atoms with Crippen LogP contribution in [0.5, 0.6) is 0 Å². The maximum Gasteiger partial charge on any atom is 0.148 e. The van der Waals surface area contributed by atoms with Gasteiger partial charge in [-0.3, -0.25) is 4.57 Å². The Morgan fingerprint density at radius 3 is 2.71 bits per heavy atom. The van der Waals surface area contributed by atoms with Crippen molar-refractivity contribution in [1.29, 1.82) is 0 Å². The quantitative estimate of drug-likeness (QED) is 0.719. The molecule has 0 radical (unpaired) electrons. The summed E-state index contributed by atoms with van der Waals surface area (Å²) in [6.45, 7) is 0. The van der Waals surface area contributed by atoms with Crippen LogP contribution in [0, 0.1) is 11.6 Å². The van der Waals surface area contributed by atoms with Gasteiger partial charge in [-0.2, -0.15) is 0 Å². The van der Waals surface area contributed by atoms with Gasteiger partial charge in [-0.25, -0.2) is 18.7 Å². The monoisotopic (exact) mass is 350 g/mol. The topological polar surface area (TPSA) is 56.7 Å². The normalized spacial score (nSPS) is 10.8. The molecule has 0 unspecified atom stereocenters. The predicted molar refractivity (Wildman–Crippen MR) is 78.8 cm³/mol. The summed E-state index contributed by atoms with van der Waals surface area (Å²) in [4.78, 5) is 7.90. The van der Waals surface area contributed by atoms with Gasteiger partial charge >= 0.3 is 0 Å². The Kier molecular flexibility index (Phi) is 3.42. The number of aromatic nitrogens is 3. The van der Waals surface area contributed by atoms with E-state index < -0.39 is 11.6 Å². The van der Waals surface area contributed by atoms with E-state index in [4.69, 9.17) is 5.73 Å². The molecule has 0 aliphatic heterocycles. The molecule has 0 fully saturated rings. The third-order valence-electron chi connectivity index (χ3n) is 2.96. The first-order valence-electron chi connectivity index (χ1n) is 5.95. The molecule has 1 aromatic carbocycles. The van der Waals surface area contributed by atoms with Gasteiger partial charge in [-0.1, -0.05) is 0 Å². The molecule has 0 atom stereocenters. The molecule has 3 rings (SSSR count). The average molecular weight is 351 g/mol. The fourth-order valence-corrected chi connectivity index (χ4v) is 2.32. The number of pyridine rings is 1. The van der Waals surface area contributed by atoms with Crippen LogP contribution in [-0.4, -0.2) is 14.5 Å². The van der Waals surface area contributed by atoms with Gasteiger partial charge in [-0.05, 0) is 34.1 Å². The van der Waals surface area contributed by atoms with E-state index in [1.807, 2.05) is 0 Å². The van der Waals surface area contributed by atoms with Crippen LogP contribution < -0.4 is 5.73 Å². The van der Waals surface area contributed by atoms with Crippen molar-refractivity contribution in [3.63, 3.8) is 0 Å². The number of rotatable bonds is 2. The van der Waals surface area contributed by atoms with E-state index in [-0.39, 0.29) is 10.2 Å². The zero-order valence-corrected chi connectivity index (χ0v) is 12.2. The Morgan fingerprint density at radius 2 is 1.95 bits per heavy atom. The van der Waals surface area contributed by atoms with Crippen LogP contribution in [0.1, 0.15) is 0 Å². The molecule has 0 amide bonds. The number of anilines is 1. The van der Waals surface area contributed by atoms with Crippen molar-refractivity contribution >= 4 is 21.7 Å². The lowest BCUT2D eigenvalue weighted by molar-refractivity contribution is 0.587. The van der Waals surface area contributed by atoms with Crippen LogP contribution in [0.4, 0.5) is 14.6 Å². The molecule has 0 saturated carbocycles. The molecule has 0 bridgehead atoms. The Bertz CT molecular complexity index is 816. The van der Waals surface area contributed by atoms with Gasteiger partial charge in [0, 0.05) is 17.8 Å². The number of nitrogens with zero attached hydrogens (tertiary/aromatic N) is 3. The summed E-state index contributed by atoms with van der Waals surface area (Å²) < 4.78 is 29.3. The Morgan fingerprint density at radius 1 is 1.14 bits per heavy atom. The predicted octanol–water partition coefficient (Wildman–Crippen LogP) is 3.56. The van der Waals surface area contributed by atoms with Crippen molar-refractivity contribution in [2.75, 3.05) is 5.73 Å². The smallest absolute Gasteiger partial charge is 0.148 e. The highest BCUT2D eigenvalue weighted by Gasteiger charge is 2.14. The highest BCUT2D eigenvalue weighted by Crippen LogP contribution is 2.27. The van der Waals surface area contributed by atoms with E-state index in [1.54, 1.807) is 24.5 Å². The summed E-state index contributed by atoms with van der Waals surface area (Å²) in [7, 11) is 0. The van der Waals surface area contributed by atoms with Crippen molar-refractivity contribution in [2.24, 2.45) is 0 Å². The number of imidazole rings is 1. The lowest BCUT2D eigenvalue weighted by Gasteiger charge is -2.10. The van der Waals surface area contributed by atoms with Gasteiger partial charge in [-0.15, -0.1) is 0 Å². The van der Waals surface area contributed by atoms with Gasteiger partial charge in [0.1, 0.15) is 17.5 Å². The molecular weight excluding hydrogens is 342 g/mol. The summed E-state index contributed by atoms with van der Waals surface area (Å²) >= 11 is 2.95. The van der Waals surface area contributed by atoms with E-state index in [9.17, 15) is 8.78 Å². The summed E-state index contributed by atoms with van der Waals surface area (Å²) in [6.07, 6.45) is 4.51. The van der Waals surface area contributed by atoms with Crippen molar-refractivity contribution in [1.82, 2.24) is 14.5 Å². The highest BCUT2D eigenvalue weighted by atomic mass is 79.9. The van der Waals surface area contributed by atoms with Crippen molar-refractivity contribution in [3.05, 3.63) is 59.1 Å². The Labute approximate surface area is 127 Å². The molecule has 3 aromatic rings. The van der Waals surface area contributed by atoms with Crippen molar-refractivity contribution in [3.8, 4) is 16.9 Å². The molecule has 7 heteroatoms. The molecule has 106 valence electrons. The highest BCUT2D eigenvalue weighted by molar-refractivity contribution is 9.10. The van der Waals surface area contributed by atoms with E-state index in [1.165, 1.54) is 10.9 Å². The van der Waals surface area contributed by atoms with Gasteiger partial charge < -0.3 is 5.73 Å². The molecular formula is C14H9BrF2N4. The third-order valence-corrected chi connectivity index (χ3v) is 3.57. The molecule has 0 spiro atoms. The first kappa shape index (κ1) is 13.7. The van der Waals surface area contributed by atoms with Gasteiger partial charge in [0.25, 0.3) is 0 Å². The maximum absolute atomic E-state index is 14.1. The van der Waals surface area contributed by atoms with E-state index >= 15 is 0 Å². The van der Waals surface area contributed by atoms with Crippen LogP contribution in [-0.2, 0) is 0 Å². The fourth-order valence-electron chi connectivity index (χ4n) is 2.00. The molecule has 4 nitrogen and oxygen atoms in total. The number of nitrogen functional groups attached to an aromatic ring is 1. The number of hydrogen-bond donors (Lipinski definition) is 1. The van der Waals surface area contributed by atoms with Crippen LogP contribution in [0.3, 0.4) is 0 Å². The lowest BCUT2D eigenvalue weighted by atomic mass is 10.2. The lowest BCUT2D eigenvalue weighted by Crippen LogP contribution is -2.00. The van der Waals surface area contributed by atoms with Gasteiger partial charge in [0.05, 0.1) is 28.4 Å². The largest absolute Gasteiger partial charge is 0.384 e. The van der Waals surface area contributed by atoms with Crippen LogP contribution in [0.25, 0.3) is 16.9 Å². The van der Waals surface area contributed by atoms with E-state index in [2.05, 4.69) is 25.9 Å². The second-order valence-corrected chi connectivity index (χ2v) is 5.19. The van der Waals surface area contributed by atoms with Crippen LogP contribution in [0.2, 0.25) is 0 Å². The number of hydrogen-bond acceptors (Lipinski definition) is 3. The van der Waals surface area contributed by atoms with Gasteiger partial charge in [0.15, 0.2) is 0 Å². The number of benzene rings is 1. The second kappa shape index (κ2) is 5.25. The molecule has 21 heavy (non-hydrogen) atoms. The first-order valence-corrected chi connectivity index (χ1v) is 6.74. The Hall–Kier alpha value is -2.28. The van der Waals surface area contributed by atoms with Crippen LogP contribution in [0.15, 0.2) is 47.5 Å². The maximum atomic E-state index is 14.1. The zero-order valence-electron chi connectivity index (χ0n) is 10.6. The molecule has 2 aromatic heterocycles. The summed E-state index contributed by atoms with van der Waals surface area (Å²) in [6, 6.07) is 5.54. The Balaban J connectivity index is 2.18. The molecule has 2 N–H and O–H groups in total. The minimum Gasteiger partial charge on any atom is -0.384 e. The minimum absolute atomic E-state index is 0.0681. The molecule has 2 heterocycles. The summed E-state index contributed by atoms with van der Waals surface area (Å²) in [5, 5.41) is 0. The number of halogens is 3. The second-order valence-electron chi connectivity index (χ2n) is 4.34. The average Bonchev–Trinajstić information content (AvgIpc) is 2.92. The van der Waals surface area contributed by atoms with E-state index in [0.29, 0.717) is 17.1 Å². The standard InChI is InChI=1S/C14H9BrF2N4/c15-9-4-11(17)12(5-10(9)16)21-7-19-6-13(21)8-1-2-20-14(18)3-8/h1-7H,(H2,18,20). The number of nitrogens with two attached hydrogens (primary N) is 1. The molecule has 0 aliphatic carbocycles. The van der Waals surface area contributed by atoms with E-state index in [0.717, 1.165) is 12.1 Å². The third kappa shape index (κ3) is 2.52. The fraction of sp³-hybridized carbons (Fsp3) is 0. The minimum atomic E-state index is -0.565. The summed E-state index contributed by atoms with van der Waals surface area (Å²) in [5.74, 6) is -0.785. The molecule has 0 saturated heterocycles. The van der Waals surface area contributed by atoms with Crippen LogP contribution >= 0.6 is 15.9 Å². The zero-order chi connectivity index (χ0) is 15.0. The van der Waals surface area contributed by atoms with Gasteiger partial charge in [0.2, 0.25) is 0 Å². The first-order chi connectivity index (χ1) is 10.1. The summed E-state index contributed by atoms with van der Waals surface area (Å²) in [5.41, 5.74) is 7.01.